The quantitative estimate of drug-likeness (QED) is 0.778. The van der Waals surface area contributed by atoms with E-state index in [9.17, 15) is 14.7 Å². The Balaban J connectivity index is 1.77. The molecule has 2 atom stereocenters. The van der Waals surface area contributed by atoms with Crippen molar-refractivity contribution in [2.75, 3.05) is 6.54 Å². The Bertz CT molecular complexity index is 725. The highest BCUT2D eigenvalue weighted by molar-refractivity contribution is 5.92. The average molecular weight is 287 g/mol. The molecule has 2 aromatic rings. The molecule has 2 unspecified atom stereocenters. The molecule has 1 aromatic heterocycles. The lowest BCUT2D eigenvalue weighted by Gasteiger charge is -2.14. The molecule has 0 aliphatic heterocycles. The van der Waals surface area contributed by atoms with Gasteiger partial charge in [-0.2, -0.15) is 0 Å². The van der Waals surface area contributed by atoms with Crippen molar-refractivity contribution in [2.24, 2.45) is 5.92 Å². The molecular formula is C15H17N3O3. The van der Waals surface area contributed by atoms with E-state index in [0.717, 1.165) is 19.3 Å². The lowest BCUT2D eigenvalue weighted by Crippen LogP contribution is -2.34. The van der Waals surface area contributed by atoms with Crippen LogP contribution in [0.15, 0.2) is 29.1 Å². The molecule has 3 N–H and O–H groups in total. The fourth-order valence-corrected chi connectivity index (χ4v) is 2.76. The van der Waals surface area contributed by atoms with E-state index in [-0.39, 0.29) is 23.4 Å². The maximum Gasteiger partial charge on any atom is 0.287 e. The van der Waals surface area contributed by atoms with Crippen LogP contribution in [-0.4, -0.2) is 33.6 Å². The maximum absolute atomic E-state index is 12.1. The first-order valence-corrected chi connectivity index (χ1v) is 7.10. The van der Waals surface area contributed by atoms with Gasteiger partial charge in [0.15, 0.2) is 5.82 Å². The molecule has 0 saturated heterocycles. The van der Waals surface area contributed by atoms with Gasteiger partial charge in [-0.3, -0.25) is 9.59 Å². The van der Waals surface area contributed by atoms with Crippen molar-refractivity contribution < 1.29 is 9.90 Å². The second-order valence-corrected chi connectivity index (χ2v) is 5.40. The van der Waals surface area contributed by atoms with Crippen LogP contribution in [0.25, 0.3) is 10.9 Å². The first kappa shape index (κ1) is 13.8. The number of benzene rings is 1. The molecule has 0 radical (unpaired) electrons. The van der Waals surface area contributed by atoms with Crippen molar-refractivity contribution in [3.8, 4) is 0 Å². The zero-order valence-corrected chi connectivity index (χ0v) is 11.5. The van der Waals surface area contributed by atoms with Crippen LogP contribution in [0, 0.1) is 5.92 Å². The van der Waals surface area contributed by atoms with Crippen LogP contribution in [0.5, 0.6) is 0 Å². The van der Waals surface area contributed by atoms with Crippen molar-refractivity contribution in [1.82, 2.24) is 15.3 Å². The number of hydrogen-bond donors (Lipinski definition) is 3. The summed E-state index contributed by atoms with van der Waals surface area (Å²) in [5.41, 5.74) is 0.166. The minimum Gasteiger partial charge on any atom is -0.393 e. The highest BCUT2D eigenvalue weighted by Gasteiger charge is 2.25. The van der Waals surface area contributed by atoms with E-state index in [1.165, 1.54) is 0 Å². The van der Waals surface area contributed by atoms with Gasteiger partial charge in [0.25, 0.3) is 11.5 Å². The number of nitrogens with zero attached hydrogens (tertiary/aromatic N) is 1. The number of nitrogens with one attached hydrogen (secondary N) is 2. The number of aliphatic hydroxyl groups is 1. The Morgan fingerprint density at radius 1 is 1.38 bits per heavy atom. The van der Waals surface area contributed by atoms with E-state index >= 15 is 0 Å². The van der Waals surface area contributed by atoms with E-state index in [1.54, 1.807) is 24.3 Å². The summed E-state index contributed by atoms with van der Waals surface area (Å²) < 4.78 is 0. The SMILES string of the molecule is O=C(NCC1CCCC1O)c1nc2ccccc2c(=O)[nH]1. The Morgan fingerprint density at radius 3 is 2.95 bits per heavy atom. The van der Waals surface area contributed by atoms with Gasteiger partial charge in [-0.25, -0.2) is 4.98 Å². The zero-order valence-electron chi connectivity index (χ0n) is 11.5. The number of hydrogen-bond acceptors (Lipinski definition) is 4. The summed E-state index contributed by atoms with van der Waals surface area (Å²) in [4.78, 5) is 30.6. The molecule has 0 bridgehead atoms. The summed E-state index contributed by atoms with van der Waals surface area (Å²) in [6.07, 6.45) is 2.32. The standard InChI is InChI=1S/C15H17N3O3/c19-12-7-3-4-9(12)8-16-15(21)13-17-11-6-2-1-5-10(11)14(20)18-13/h1-2,5-6,9,12,19H,3-4,7-8H2,(H,16,21)(H,17,18,20). The molecule has 3 rings (SSSR count). The van der Waals surface area contributed by atoms with Crippen molar-refractivity contribution in [2.45, 2.75) is 25.4 Å². The number of carbonyl (C=O) groups excluding carboxylic acids is 1. The number of para-hydroxylation sites is 1. The van der Waals surface area contributed by atoms with Crippen LogP contribution < -0.4 is 10.9 Å². The highest BCUT2D eigenvalue weighted by atomic mass is 16.3. The summed E-state index contributed by atoms with van der Waals surface area (Å²) in [5.74, 6) is -0.329. The third kappa shape index (κ3) is 2.80. The van der Waals surface area contributed by atoms with Gasteiger partial charge in [-0.1, -0.05) is 18.6 Å². The fraction of sp³-hybridized carbons (Fsp3) is 0.400. The first-order valence-electron chi connectivity index (χ1n) is 7.10. The molecule has 0 spiro atoms. The third-order valence-corrected chi connectivity index (χ3v) is 3.97. The number of aliphatic hydroxyl groups excluding tert-OH is 1. The van der Waals surface area contributed by atoms with Gasteiger partial charge in [0, 0.05) is 12.5 Å². The summed E-state index contributed by atoms with van der Waals surface area (Å²) in [7, 11) is 0. The van der Waals surface area contributed by atoms with Crippen LogP contribution >= 0.6 is 0 Å². The molecule has 1 saturated carbocycles. The number of carbonyl (C=O) groups is 1. The molecule has 1 fully saturated rings. The van der Waals surface area contributed by atoms with Crippen LogP contribution in [-0.2, 0) is 0 Å². The lowest BCUT2D eigenvalue weighted by atomic mass is 10.1. The van der Waals surface area contributed by atoms with Crippen molar-refractivity contribution in [3.63, 3.8) is 0 Å². The molecule has 110 valence electrons. The predicted octanol–water partition coefficient (Wildman–Crippen LogP) is 0.814. The van der Waals surface area contributed by atoms with Crippen molar-refractivity contribution in [3.05, 3.63) is 40.4 Å². The second kappa shape index (κ2) is 5.65. The Labute approximate surface area is 121 Å². The third-order valence-electron chi connectivity index (χ3n) is 3.97. The summed E-state index contributed by atoms with van der Waals surface area (Å²) in [6, 6.07) is 6.88. The number of aromatic amines is 1. The van der Waals surface area contributed by atoms with Gasteiger partial charge >= 0.3 is 0 Å². The minimum absolute atomic E-state index is 0.00573. The van der Waals surface area contributed by atoms with Gasteiger partial charge < -0.3 is 15.4 Å². The van der Waals surface area contributed by atoms with Crippen molar-refractivity contribution >= 4 is 16.8 Å². The first-order chi connectivity index (χ1) is 10.1. The number of aromatic nitrogens is 2. The normalized spacial score (nSPS) is 21.6. The van der Waals surface area contributed by atoms with Crippen molar-refractivity contribution in [1.29, 1.82) is 0 Å². The number of fused-ring (bicyclic) bond motifs is 1. The largest absolute Gasteiger partial charge is 0.393 e. The maximum atomic E-state index is 12.1. The summed E-state index contributed by atoms with van der Waals surface area (Å²) in [6.45, 7) is 0.399. The molecule has 1 aliphatic rings. The van der Waals surface area contributed by atoms with E-state index in [2.05, 4.69) is 15.3 Å². The monoisotopic (exact) mass is 287 g/mol. The molecule has 6 nitrogen and oxygen atoms in total. The lowest BCUT2D eigenvalue weighted by molar-refractivity contribution is 0.0907. The zero-order chi connectivity index (χ0) is 14.8. The number of rotatable bonds is 3. The molecule has 1 aromatic carbocycles. The number of amides is 1. The Morgan fingerprint density at radius 2 is 2.19 bits per heavy atom. The van der Waals surface area contributed by atoms with Crippen LogP contribution in [0.4, 0.5) is 0 Å². The van der Waals surface area contributed by atoms with Gasteiger partial charge in [-0.05, 0) is 25.0 Å². The predicted molar refractivity (Wildman–Crippen MR) is 78.0 cm³/mol. The van der Waals surface area contributed by atoms with Crippen LogP contribution in [0.3, 0.4) is 0 Å². The topological polar surface area (TPSA) is 95.1 Å². The average Bonchev–Trinajstić information content (AvgIpc) is 2.90. The second-order valence-electron chi connectivity index (χ2n) is 5.40. The minimum atomic E-state index is -0.419. The van der Waals surface area contributed by atoms with E-state index < -0.39 is 5.91 Å². The van der Waals surface area contributed by atoms with Gasteiger partial charge in [0.05, 0.1) is 17.0 Å². The molecule has 6 heteroatoms. The Hall–Kier alpha value is -2.21. The smallest absolute Gasteiger partial charge is 0.287 e. The van der Waals surface area contributed by atoms with Gasteiger partial charge in [0.2, 0.25) is 0 Å². The molecule has 21 heavy (non-hydrogen) atoms. The van der Waals surface area contributed by atoms with E-state index in [4.69, 9.17) is 0 Å². The van der Waals surface area contributed by atoms with Crippen LogP contribution in [0.2, 0.25) is 0 Å². The summed E-state index contributed by atoms with van der Waals surface area (Å²) in [5, 5.41) is 12.9. The van der Waals surface area contributed by atoms with E-state index in [1.807, 2.05) is 0 Å². The molecule has 1 heterocycles. The Kier molecular flexibility index (Phi) is 3.70. The highest BCUT2D eigenvalue weighted by Crippen LogP contribution is 2.24. The van der Waals surface area contributed by atoms with Crippen LogP contribution in [0.1, 0.15) is 29.9 Å². The number of H-pyrrole nitrogens is 1. The van der Waals surface area contributed by atoms with Gasteiger partial charge in [-0.15, -0.1) is 0 Å². The van der Waals surface area contributed by atoms with E-state index in [0.29, 0.717) is 17.4 Å². The molecule has 1 amide bonds. The molecule has 1 aliphatic carbocycles. The van der Waals surface area contributed by atoms with Gasteiger partial charge in [0.1, 0.15) is 0 Å². The molecular weight excluding hydrogens is 270 g/mol. The fourth-order valence-electron chi connectivity index (χ4n) is 2.76. The summed E-state index contributed by atoms with van der Waals surface area (Å²) >= 11 is 0.